The van der Waals surface area contributed by atoms with Gasteiger partial charge in [0, 0.05) is 18.9 Å². The van der Waals surface area contributed by atoms with Gasteiger partial charge in [0.2, 0.25) is 0 Å². The Kier molecular flexibility index (Phi) is 6.18. The van der Waals surface area contributed by atoms with Gasteiger partial charge in [-0.15, -0.1) is 0 Å². The molecule has 0 fully saturated rings. The van der Waals surface area contributed by atoms with Gasteiger partial charge in [-0.2, -0.15) is 5.10 Å². The van der Waals surface area contributed by atoms with Crippen molar-refractivity contribution in [2.45, 2.75) is 19.1 Å². The van der Waals surface area contributed by atoms with Crippen molar-refractivity contribution < 1.29 is 14.7 Å². The lowest BCUT2D eigenvalue weighted by atomic mass is 10.1. The van der Waals surface area contributed by atoms with Gasteiger partial charge in [0.05, 0.1) is 17.8 Å². The number of hydrogen-bond acceptors (Lipinski definition) is 4. The smallest absolute Gasteiger partial charge is 0.309 e. The second-order valence-corrected chi connectivity index (χ2v) is 6.37. The molecule has 7 heteroatoms. The van der Waals surface area contributed by atoms with E-state index in [0.717, 1.165) is 11.3 Å². The molecule has 144 valence electrons. The van der Waals surface area contributed by atoms with Gasteiger partial charge >= 0.3 is 11.8 Å². The molecule has 2 atom stereocenters. The van der Waals surface area contributed by atoms with Crippen molar-refractivity contribution in [3.63, 3.8) is 0 Å². The highest BCUT2D eigenvalue weighted by Crippen LogP contribution is 2.15. The van der Waals surface area contributed by atoms with Crippen molar-refractivity contribution in [3.05, 3.63) is 84.2 Å². The molecular formula is C21H22N4O3. The summed E-state index contributed by atoms with van der Waals surface area (Å²) in [5.74, 6) is -1.52. The van der Waals surface area contributed by atoms with Crippen LogP contribution in [-0.2, 0) is 9.59 Å². The minimum Gasteiger partial charge on any atom is -0.387 e. The number of hydrogen-bond donors (Lipinski definition) is 3. The first-order valence-electron chi connectivity index (χ1n) is 8.96. The van der Waals surface area contributed by atoms with Gasteiger partial charge < -0.3 is 15.7 Å². The molecule has 28 heavy (non-hydrogen) atoms. The molecular weight excluding hydrogens is 356 g/mol. The molecule has 1 heterocycles. The van der Waals surface area contributed by atoms with Crippen LogP contribution in [0.1, 0.15) is 30.2 Å². The highest BCUT2D eigenvalue weighted by Gasteiger charge is 2.18. The molecule has 2 amide bonds. The first-order valence-corrected chi connectivity index (χ1v) is 8.96. The monoisotopic (exact) mass is 378 g/mol. The SMILES string of the molecule is CC(NC(=O)C(=O)NCC(O)c1ccc(-n2cccn2)cc1)c1ccccc1. The summed E-state index contributed by atoms with van der Waals surface area (Å²) in [7, 11) is 0. The van der Waals surface area contributed by atoms with Crippen molar-refractivity contribution in [1.82, 2.24) is 20.4 Å². The fraction of sp³-hybridized carbons (Fsp3) is 0.190. The molecule has 0 saturated heterocycles. The van der Waals surface area contributed by atoms with E-state index in [0.29, 0.717) is 5.56 Å². The molecule has 2 aromatic carbocycles. The van der Waals surface area contributed by atoms with Crippen LogP contribution in [0.25, 0.3) is 5.69 Å². The van der Waals surface area contributed by atoms with Gasteiger partial charge in [-0.3, -0.25) is 9.59 Å². The number of benzene rings is 2. The summed E-state index contributed by atoms with van der Waals surface area (Å²) in [4.78, 5) is 24.0. The Morgan fingerprint density at radius 1 is 1.00 bits per heavy atom. The summed E-state index contributed by atoms with van der Waals surface area (Å²) in [5, 5.41) is 19.5. The van der Waals surface area contributed by atoms with Crippen LogP contribution in [0.3, 0.4) is 0 Å². The highest BCUT2D eigenvalue weighted by atomic mass is 16.3. The number of rotatable bonds is 6. The van der Waals surface area contributed by atoms with Crippen LogP contribution in [0.4, 0.5) is 0 Å². The van der Waals surface area contributed by atoms with Crippen molar-refractivity contribution in [2.24, 2.45) is 0 Å². The van der Waals surface area contributed by atoms with E-state index in [-0.39, 0.29) is 12.6 Å². The Morgan fingerprint density at radius 2 is 1.71 bits per heavy atom. The fourth-order valence-electron chi connectivity index (χ4n) is 2.75. The van der Waals surface area contributed by atoms with E-state index in [1.165, 1.54) is 0 Å². The number of carbonyl (C=O) groups excluding carboxylic acids is 2. The van der Waals surface area contributed by atoms with Crippen molar-refractivity contribution >= 4 is 11.8 Å². The molecule has 3 N–H and O–H groups in total. The van der Waals surface area contributed by atoms with Crippen molar-refractivity contribution in [3.8, 4) is 5.69 Å². The molecule has 0 radical (unpaired) electrons. The van der Waals surface area contributed by atoms with Gasteiger partial charge in [-0.25, -0.2) is 4.68 Å². The third kappa shape index (κ3) is 4.83. The summed E-state index contributed by atoms with van der Waals surface area (Å²) in [5.41, 5.74) is 2.40. The van der Waals surface area contributed by atoms with E-state index in [9.17, 15) is 14.7 Å². The molecule has 1 aromatic heterocycles. The Hall–Kier alpha value is -3.45. The van der Waals surface area contributed by atoms with Crippen LogP contribution in [0, 0.1) is 0 Å². The number of aliphatic hydroxyl groups excluding tert-OH is 1. The summed E-state index contributed by atoms with van der Waals surface area (Å²) in [6.07, 6.45) is 2.58. The lowest BCUT2D eigenvalue weighted by Gasteiger charge is -2.15. The van der Waals surface area contributed by atoms with Gasteiger partial charge in [0.25, 0.3) is 0 Å². The highest BCUT2D eigenvalue weighted by molar-refractivity contribution is 6.35. The topological polar surface area (TPSA) is 96.3 Å². The molecule has 0 aliphatic rings. The normalized spacial score (nSPS) is 12.8. The predicted molar refractivity (Wildman–Crippen MR) is 105 cm³/mol. The van der Waals surface area contributed by atoms with Crippen LogP contribution in [0.5, 0.6) is 0 Å². The second-order valence-electron chi connectivity index (χ2n) is 6.37. The first-order chi connectivity index (χ1) is 13.5. The Bertz CT molecular complexity index is 909. The van der Waals surface area contributed by atoms with Crippen LogP contribution >= 0.6 is 0 Å². The molecule has 3 aromatic rings. The van der Waals surface area contributed by atoms with Gasteiger partial charge in [0.1, 0.15) is 0 Å². The summed E-state index contributed by atoms with van der Waals surface area (Å²) < 4.78 is 1.70. The van der Waals surface area contributed by atoms with Gasteiger partial charge in [-0.1, -0.05) is 42.5 Å². The maximum Gasteiger partial charge on any atom is 0.309 e. The third-order valence-corrected chi connectivity index (χ3v) is 4.36. The van der Waals surface area contributed by atoms with Gasteiger partial charge in [0.15, 0.2) is 0 Å². The van der Waals surface area contributed by atoms with E-state index in [1.54, 1.807) is 29.9 Å². The van der Waals surface area contributed by atoms with Crippen LogP contribution in [0.2, 0.25) is 0 Å². The number of amides is 2. The second kappa shape index (κ2) is 8.96. The molecule has 2 unspecified atom stereocenters. The number of aliphatic hydroxyl groups is 1. The number of aromatic nitrogens is 2. The zero-order valence-corrected chi connectivity index (χ0v) is 15.4. The summed E-state index contributed by atoms with van der Waals surface area (Å²) in [6.45, 7) is 1.74. The minimum absolute atomic E-state index is 0.0624. The van der Waals surface area contributed by atoms with E-state index in [4.69, 9.17) is 0 Å². The quantitative estimate of drug-likeness (QED) is 0.571. The number of carbonyl (C=O) groups is 2. The van der Waals surface area contributed by atoms with Crippen LogP contribution in [0.15, 0.2) is 73.1 Å². The third-order valence-electron chi connectivity index (χ3n) is 4.36. The zero-order valence-electron chi connectivity index (χ0n) is 15.4. The molecule has 0 saturated carbocycles. The van der Waals surface area contributed by atoms with E-state index >= 15 is 0 Å². The molecule has 7 nitrogen and oxygen atoms in total. The fourth-order valence-corrected chi connectivity index (χ4v) is 2.75. The lowest BCUT2D eigenvalue weighted by Crippen LogP contribution is -2.42. The summed E-state index contributed by atoms with van der Waals surface area (Å²) >= 11 is 0. The standard InChI is InChI=1S/C21H22N4O3/c1-15(16-6-3-2-4-7-16)24-21(28)20(27)22-14-19(26)17-8-10-18(11-9-17)25-13-5-12-23-25/h2-13,15,19,26H,14H2,1H3,(H,22,27)(H,24,28). The average molecular weight is 378 g/mol. The van der Waals surface area contributed by atoms with E-state index in [2.05, 4.69) is 15.7 Å². The molecule has 0 spiro atoms. The largest absolute Gasteiger partial charge is 0.387 e. The molecule has 0 aliphatic carbocycles. The molecule has 0 bridgehead atoms. The Balaban J connectivity index is 1.50. The Morgan fingerprint density at radius 3 is 2.36 bits per heavy atom. The summed E-state index contributed by atoms with van der Waals surface area (Å²) in [6, 6.07) is 18.0. The van der Waals surface area contributed by atoms with Crippen LogP contribution < -0.4 is 10.6 Å². The van der Waals surface area contributed by atoms with E-state index < -0.39 is 17.9 Å². The molecule has 0 aliphatic heterocycles. The minimum atomic E-state index is -0.921. The van der Waals surface area contributed by atoms with Gasteiger partial charge in [-0.05, 0) is 36.2 Å². The molecule has 3 rings (SSSR count). The average Bonchev–Trinajstić information content (AvgIpc) is 3.27. The lowest BCUT2D eigenvalue weighted by molar-refractivity contribution is -0.139. The predicted octanol–water partition coefficient (Wildman–Crippen LogP) is 1.90. The first kappa shape index (κ1) is 19.3. The van der Waals surface area contributed by atoms with Crippen molar-refractivity contribution in [1.29, 1.82) is 0 Å². The number of nitrogens with zero attached hydrogens (tertiary/aromatic N) is 2. The zero-order chi connectivity index (χ0) is 19.9. The maximum absolute atomic E-state index is 12.0. The van der Waals surface area contributed by atoms with Crippen molar-refractivity contribution in [2.75, 3.05) is 6.54 Å². The van der Waals surface area contributed by atoms with E-state index in [1.807, 2.05) is 54.7 Å². The Labute approximate surface area is 163 Å². The number of nitrogens with one attached hydrogen (secondary N) is 2. The van der Waals surface area contributed by atoms with Crippen LogP contribution in [-0.4, -0.2) is 33.2 Å². The maximum atomic E-state index is 12.0.